The maximum Gasteiger partial charge on any atom is 0.242 e. The van der Waals surface area contributed by atoms with Crippen molar-refractivity contribution in [3.63, 3.8) is 0 Å². The Kier molecular flexibility index (Phi) is 3.14. The number of carbonyl (C=O) groups excluding carboxylic acids is 2. The van der Waals surface area contributed by atoms with Gasteiger partial charge in [0.1, 0.15) is 0 Å². The SMILES string of the molecule is CC(C)C(=O)N1CCN(C2COC2)C(=O)C1. The molecule has 2 fully saturated rings. The third-order valence-electron chi connectivity index (χ3n) is 3.12. The van der Waals surface area contributed by atoms with Crippen LogP contribution >= 0.6 is 0 Å². The number of amides is 2. The molecule has 0 bridgehead atoms. The first-order valence-corrected chi connectivity index (χ1v) is 5.75. The molecule has 0 spiro atoms. The highest BCUT2D eigenvalue weighted by atomic mass is 16.5. The summed E-state index contributed by atoms with van der Waals surface area (Å²) in [5.41, 5.74) is 0. The van der Waals surface area contributed by atoms with E-state index in [1.807, 2.05) is 18.7 Å². The molecule has 0 aliphatic carbocycles. The van der Waals surface area contributed by atoms with Crippen LogP contribution in [0.5, 0.6) is 0 Å². The minimum absolute atomic E-state index is 0.0358. The first-order valence-electron chi connectivity index (χ1n) is 5.75. The monoisotopic (exact) mass is 226 g/mol. The summed E-state index contributed by atoms with van der Waals surface area (Å²) in [5.74, 6) is 0.0813. The lowest BCUT2D eigenvalue weighted by atomic mass is 10.1. The van der Waals surface area contributed by atoms with E-state index in [2.05, 4.69) is 0 Å². The molecule has 2 aliphatic heterocycles. The van der Waals surface area contributed by atoms with Gasteiger partial charge < -0.3 is 14.5 Å². The molecule has 2 heterocycles. The predicted molar refractivity (Wildman–Crippen MR) is 57.7 cm³/mol. The fraction of sp³-hybridized carbons (Fsp3) is 0.818. The molecule has 0 aromatic heterocycles. The van der Waals surface area contributed by atoms with Gasteiger partial charge in [0.15, 0.2) is 0 Å². The van der Waals surface area contributed by atoms with Gasteiger partial charge in [0.05, 0.1) is 25.8 Å². The first kappa shape index (κ1) is 11.4. The van der Waals surface area contributed by atoms with Crippen LogP contribution < -0.4 is 0 Å². The minimum Gasteiger partial charge on any atom is -0.377 e. The topological polar surface area (TPSA) is 49.9 Å². The molecule has 2 rings (SSSR count). The van der Waals surface area contributed by atoms with Crippen molar-refractivity contribution in [1.29, 1.82) is 0 Å². The molecule has 0 atom stereocenters. The van der Waals surface area contributed by atoms with Gasteiger partial charge in [0, 0.05) is 19.0 Å². The number of nitrogens with zero attached hydrogens (tertiary/aromatic N) is 2. The zero-order valence-corrected chi connectivity index (χ0v) is 9.81. The lowest BCUT2D eigenvalue weighted by molar-refractivity contribution is -0.156. The van der Waals surface area contributed by atoms with Gasteiger partial charge in [0.2, 0.25) is 11.8 Å². The summed E-state index contributed by atoms with van der Waals surface area (Å²) in [6, 6.07) is 0.240. The molecule has 2 aliphatic rings. The summed E-state index contributed by atoms with van der Waals surface area (Å²) in [7, 11) is 0. The van der Waals surface area contributed by atoms with Crippen molar-refractivity contribution >= 4 is 11.8 Å². The zero-order valence-electron chi connectivity index (χ0n) is 9.81. The highest BCUT2D eigenvalue weighted by Crippen LogP contribution is 2.15. The number of piperazine rings is 1. The highest BCUT2D eigenvalue weighted by Gasteiger charge is 2.35. The van der Waals surface area contributed by atoms with Crippen LogP contribution in [0.25, 0.3) is 0 Å². The molecule has 0 aromatic carbocycles. The van der Waals surface area contributed by atoms with E-state index in [4.69, 9.17) is 4.74 Å². The number of hydrogen-bond acceptors (Lipinski definition) is 3. The third-order valence-corrected chi connectivity index (χ3v) is 3.12. The number of carbonyl (C=O) groups is 2. The van der Waals surface area contributed by atoms with Crippen LogP contribution in [0.2, 0.25) is 0 Å². The van der Waals surface area contributed by atoms with Gasteiger partial charge in [-0.2, -0.15) is 0 Å². The molecule has 0 N–H and O–H groups in total. The number of ether oxygens (including phenoxy) is 1. The summed E-state index contributed by atoms with van der Waals surface area (Å²) >= 11 is 0. The van der Waals surface area contributed by atoms with Crippen molar-refractivity contribution in [2.45, 2.75) is 19.9 Å². The summed E-state index contributed by atoms with van der Waals surface area (Å²) < 4.78 is 5.07. The third kappa shape index (κ3) is 2.04. The van der Waals surface area contributed by atoms with Crippen LogP contribution in [-0.4, -0.2) is 60.5 Å². The maximum absolute atomic E-state index is 11.8. The molecule has 5 heteroatoms. The molecule has 0 saturated carbocycles. The molecule has 0 aromatic rings. The largest absolute Gasteiger partial charge is 0.377 e. The van der Waals surface area contributed by atoms with Crippen molar-refractivity contribution in [3.05, 3.63) is 0 Å². The standard InChI is InChI=1S/C11H18N2O3/c1-8(2)11(15)12-3-4-13(10(14)5-12)9-6-16-7-9/h8-9H,3-7H2,1-2H3. The van der Waals surface area contributed by atoms with Gasteiger partial charge in [-0.3, -0.25) is 9.59 Å². The average molecular weight is 226 g/mol. The molecule has 16 heavy (non-hydrogen) atoms. The summed E-state index contributed by atoms with van der Waals surface area (Å²) in [6.45, 7) is 6.53. The summed E-state index contributed by atoms with van der Waals surface area (Å²) in [5, 5.41) is 0. The van der Waals surface area contributed by atoms with E-state index in [9.17, 15) is 9.59 Å². The second kappa shape index (κ2) is 4.41. The van der Waals surface area contributed by atoms with E-state index in [0.29, 0.717) is 26.3 Å². The second-order valence-corrected chi connectivity index (χ2v) is 4.69. The smallest absolute Gasteiger partial charge is 0.242 e. The zero-order chi connectivity index (χ0) is 11.7. The Bertz CT molecular complexity index is 300. The van der Waals surface area contributed by atoms with Crippen molar-refractivity contribution in [2.75, 3.05) is 32.8 Å². The number of rotatable bonds is 2. The van der Waals surface area contributed by atoms with E-state index in [0.717, 1.165) is 0 Å². The van der Waals surface area contributed by atoms with Gasteiger partial charge >= 0.3 is 0 Å². The molecular weight excluding hydrogens is 208 g/mol. The molecule has 90 valence electrons. The van der Waals surface area contributed by atoms with Gasteiger partial charge in [-0.25, -0.2) is 0 Å². The molecular formula is C11H18N2O3. The highest BCUT2D eigenvalue weighted by molar-refractivity contribution is 5.87. The molecule has 2 amide bonds. The average Bonchev–Trinajstić information content (AvgIpc) is 2.17. The molecule has 0 radical (unpaired) electrons. The Morgan fingerprint density at radius 2 is 2.06 bits per heavy atom. The van der Waals surface area contributed by atoms with Gasteiger partial charge in [-0.05, 0) is 0 Å². The Morgan fingerprint density at radius 3 is 2.50 bits per heavy atom. The van der Waals surface area contributed by atoms with Crippen molar-refractivity contribution < 1.29 is 14.3 Å². The quantitative estimate of drug-likeness (QED) is 0.650. The van der Waals surface area contributed by atoms with Crippen LogP contribution in [0, 0.1) is 5.92 Å². The van der Waals surface area contributed by atoms with Crippen LogP contribution in [0.3, 0.4) is 0 Å². The van der Waals surface area contributed by atoms with Gasteiger partial charge in [-0.15, -0.1) is 0 Å². The van der Waals surface area contributed by atoms with E-state index < -0.39 is 0 Å². The van der Waals surface area contributed by atoms with E-state index in [1.165, 1.54) is 0 Å². The number of hydrogen-bond donors (Lipinski definition) is 0. The Labute approximate surface area is 95.3 Å². The normalized spacial score (nSPS) is 22.6. The van der Waals surface area contributed by atoms with E-state index in [-0.39, 0.29) is 30.3 Å². The summed E-state index contributed by atoms with van der Waals surface area (Å²) in [6.07, 6.45) is 0. The van der Waals surface area contributed by atoms with Gasteiger partial charge in [0.25, 0.3) is 0 Å². The van der Waals surface area contributed by atoms with Crippen LogP contribution in [0.1, 0.15) is 13.8 Å². The molecule has 5 nitrogen and oxygen atoms in total. The van der Waals surface area contributed by atoms with Gasteiger partial charge in [-0.1, -0.05) is 13.8 Å². The predicted octanol–water partition coefficient (Wildman–Crippen LogP) is -0.288. The molecule has 2 saturated heterocycles. The lowest BCUT2D eigenvalue weighted by Crippen LogP contribution is -2.60. The van der Waals surface area contributed by atoms with Crippen molar-refractivity contribution in [3.8, 4) is 0 Å². The van der Waals surface area contributed by atoms with Crippen LogP contribution in [0.15, 0.2) is 0 Å². The Hall–Kier alpha value is -1.10. The second-order valence-electron chi connectivity index (χ2n) is 4.69. The lowest BCUT2D eigenvalue weighted by Gasteiger charge is -2.42. The summed E-state index contributed by atoms with van der Waals surface area (Å²) in [4.78, 5) is 27.1. The van der Waals surface area contributed by atoms with Crippen molar-refractivity contribution in [2.24, 2.45) is 5.92 Å². The Morgan fingerprint density at radius 1 is 1.38 bits per heavy atom. The van der Waals surface area contributed by atoms with Crippen LogP contribution in [-0.2, 0) is 14.3 Å². The van der Waals surface area contributed by atoms with E-state index >= 15 is 0 Å². The first-order chi connectivity index (χ1) is 7.59. The maximum atomic E-state index is 11.8. The fourth-order valence-electron chi connectivity index (χ4n) is 2.03. The van der Waals surface area contributed by atoms with Crippen LogP contribution in [0.4, 0.5) is 0 Å². The minimum atomic E-state index is -0.0358. The fourth-order valence-corrected chi connectivity index (χ4v) is 2.03. The Balaban J connectivity index is 1.91. The van der Waals surface area contributed by atoms with E-state index in [1.54, 1.807) is 4.90 Å². The molecule has 0 unspecified atom stereocenters. The van der Waals surface area contributed by atoms with Crippen molar-refractivity contribution in [1.82, 2.24) is 9.80 Å².